The van der Waals surface area contributed by atoms with E-state index in [0.717, 1.165) is 0 Å². The molecule has 0 aliphatic carbocycles. The van der Waals surface area contributed by atoms with Crippen molar-refractivity contribution in [2.75, 3.05) is 19.0 Å². The molecule has 0 unspecified atom stereocenters. The van der Waals surface area contributed by atoms with Gasteiger partial charge in [0, 0.05) is 12.6 Å². The number of amides is 2. The number of nitrogens with one attached hydrogen (secondary N) is 1. The van der Waals surface area contributed by atoms with E-state index in [-0.39, 0.29) is 23.3 Å². The largest absolute Gasteiger partial charge is 0.497 e. The molecule has 0 spiro atoms. The Labute approximate surface area is 118 Å². The predicted octanol–water partition coefficient (Wildman–Crippen LogP) is 2.66. The highest BCUT2D eigenvalue weighted by atomic mass is 16.5. The number of methoxy groups -OCH3 is 1. The van der Waals surface area contributed by atoms with Gasteiger partial charge in [0.05, 0.1) is 18.4 Å². The number of carbonyl (C=O) groups excluding carboxylic acids is 1. The highest BCUT2D eigenvalue weighted by Gasteiger charge is 2.18. The minimum Gasteiger partial charge on any atom is -0.497 e. The van der Waals surface area contributed by atoms with E-state index in [1.54, 1.807) is 11.0 Å². The molecule has 1 rings (SSSR count). The second-order valence-electron chi connectivity index (χ2n) is 4.53. The van der Waals surface area contributed by atoms with Gasteiger partial charge in [-0.2, -0.15) is 0 Å². The number of carboxylic acid groups (broad SMARTS) is 1. The van der Waals surface area contributed by atoms with Crippen LogP contribution in [0.2, 0.25) is 0 Å². The Morgan fingerprint density at radius 3 is 2.50 bits per heavy atom. The van der Waals surface area contributed by atoms with E-state index in [2.05, 4.69) is 5.32 Å². The lowest BCUT2D eigenvalue weighted by Gasteiger charge is -2.25. The van der Waals surface area contributed by atoms with Crippen LogP contribution in [0.15, 0.2) is 18.2 Å². The molecule has 1 aromatic carbocycles. The Bertz CT molecular complexity index is 500. The van der Waals surface area contributed by atoms with Gasteiger partial charge in [-0.05, 0) is 39.0 Å². The fourth-order valence-corrected chi connectivity index (χ4v) is 1.87. The molecule has 2 N–H and O–H groups in total. The van der Waals surface area contributed by atoms with Crippen molar-refractivity contribution in [3.05, 3.63) is 23.8 Å². The number of hydrogen-bond acceptors (Lipinski definition) is 3. The summed E-state index contributed by atoms with van der Waals surface area (Å²) in [5, 5.41) is 11.8. The topological polar surface area (TPSA) is 78.9 Å². The first kappa shape index (κ1) is 15.8. The summed E-state index contributed by atoms with van der Waals surface area (Å²) in [7, 11) is 1.46. The number of hydrogen-bond donors (Lipinski definition) is 2. The van der Waals surface area contributed by atoms with Gasteiger partial charge in [-0.15, -0.1) is 0 Å². The van der Waals surface area contributed by atoms with Gasteiger partial charge in [0.1, 0.15) is 5.75 Å². The van der Waals surface area contributed by atoms with Gasteiger partial charge in [0.25, 0.3) is 0 Å². The van der Waals surface area contributed by atoms with Crippen LogP contribution in [0.4, 0.5) is 10.5 Å². The first-order valence-electron chi connectivity index (χ1n) is 6.39. The Morgan fingerprint density at radius 2 is 2.05 bits per heavy atom. The van der Waals surface area contributed by atoms with Crippen LogP contribution >= 0.6 is 0 Å². The lowest BCUT2D eigenvalue weighted by atomic mass is 10.1. The average molecular weight is 280 g/mol. The molecule has 0 atom stereocenters. The van der Waals surface area contributed by atoms with Crippen LogP contribution in [-0.4, -0.2) is 41.7 Å². The molecule has 1 aromatic rings. The highest BCUT2D eigenvalue weighted by molar-refractivity contribution is 6.00. The van der Waals surface area contributed by atoms with Gasteiger partial charge in [-0.1, -0.05) is 0 Å². The second kappa shape index (κ2) is 6.79. The minimum absolute atomic E-state index is 0.00231. The summed E-state index contributed by atoms with van der Waals surface area (Å²) in [5.41, 5.74) is 0.250. The minimum atomic E-state index is -1.12. The number of anilines is 1. The van der Waals surface area contributed by atoms with Crippen LogP contribution in [-0.2, 0) is 0 Å². The van der Waals surface area contributed by atoms with Crippen LogP contribution in [0.3, 0.4) is 0 Å². The number of nitrogens with zero attached hydrogens (tertiary/aromatic N) is 1. The Morgan fingerprint density at radius 1 is 1.40 bits per heavy atom. The molecule has 0 fully saturated rings. The third-order valence-corrected chi connectivity index (χ3v) is 2.92. The fourth-order valence-electron chi connectivity index (χ4n) is 1.87. The summed E-state index contributed by atoms with van der Waals surface area (Å²) in [6, 6.07) is 4.22. The van der Waals surface area contributed by atoms with E-state index >= 15 is 0 Å². The summed E-state index contributed by atoms with van der Waals surface area (Å²) >= 11 is 0. The maximum atomic E-state index is 12.1. The van der Waals surface area contributed by atoms with E-state index in [1.807, 2.05) is 20.8 Å². The zero-order chi connectivity index (χ0) is 15.3. The van der Waals surface area contributed by atoms with Crippen LogP contribution in [0.5, 0.6) is 5.75 Å². The molecule has 6 nitrogen and oxygen atoms in total. The van der Waals surface area contributed by atoms with Crippen LogP contribution < -0.4 is 10.1 Å². The van der Waals surface area contributed by atoms with Crippen molar-refractivity contribution in [1.29, 1.82) is 0 Å². The van der Waals surface area contributed by atoms with Gasteiger partial charge in [0.2, 0.25) is 0 Å². The number of ether oxygens (including phenoxy) is 1. The van der Waals surface area contributed by atoms with Crippen molar-refractivity contribution in [2.24, 2.45) is 0 Å². The monoisotopic (exact) mass is 280 g/mol. The number of aromatic carboxylic acids is 1. The number of carboxylic acids is 1. The number of benzene rings is 1. The van der Waals surface area contributed by atoms with E-state index < -0.39 is 5.97 Å². The molecule has 0 radical (unpaired) electrons. The first-order chi connectivity index (χ1) is 9.40. The number of carbonyl (C=O) groups is 2. The lowest BCUT2D eigenvalue weighted by Crippen LogP contribution is -2.40. The van der Waals surface area contributed by atoms with Crippen LogP contribution in [0.25, 0.3) is 0 Å². The lowest BCUT2D eigenvalue weighted by molar-refractivity contribution is 0.0697. The van der Waals surface area contributed by atoms with Gasteiger partial charge in [-0.25, -0.2) is 9.59 Å². The molecule has 0 heterocycles. The Hall–Kier alpha value is -2.24. The van der Waals surface area contributed by atoms with Crippen molar-refractivity contribution < 1.29 is 19.4 Å². The molecule has 0 saturated heterocycles. The Kier molecular flexibility index (Phi) is 5.37. The average Bonchev–Trinajstić information content (AvgIpc) is 2.39. The molecule has 0 bridgehead atoms. The van der Waals surface area contributed by atoms with Crippen molar-refractivity contribution in [3.8, 4) is 5.75 Å². The number of rotatable bonds is 5. The van der Waals surface area contributed by atoms with Crippen LogP contribution in [0, 0.1) is 0 Å². The van der Waals surface area contributed by atoms with E-state index in [9.17, 15) is 14.7 Å². The van der Waals surface area contributed by atoms with E-state index in [0.29, 0.717) is 12.3 Å². The van der Waals surface area contributed by atoms with E-state index in [1.165, 1.54) is 19.2 Å². The molecule has 20 heavy (non-hydrogen) atoms. The molecule has 0 aliphatic heterocycles. The summed E-state index contributed by atoms with van der Waals surface area (Å²) < 4.78 is 4.99. The third-order valence-electron chi connectivity index (χ3n) is 2.92. The highest BCUT2D eigenvalue weighted by Crippen LogP contribution is 2.22. The molecule has 6 heteroatoms. The maximum Gasteiger partial charge on any atom is 0.337 e. The van der Waals surface area contributed by atoms with Crippen molar-refractivity contribution in [2.45, 2.75) is 26.8 Å². The molecular formula is C14H20N2O4. The molecule has 110 valence electrons. The van der Waals surface area contributed by atoms with Crippen molar-refractivity contribution in [1.82, 2.24) is 4.90 Å². The molecule has 0 aliphatic rings. The summed E-state index contributed by atoms with van der Waals surface area (Å²) in [5.74, 6) is -0.691. The molecule has 0 saturated carbocycles. The van der Waals surface area contributed by atoms with Gasteiger partial charge < -0.3 is 20.1 Å². The Balaban J connectivity index is 3.02. The van der Waals surface area contributed by atoms with Gasteiger partial charge in [-0.3, -0.25) is 0 Å². The number of urea groups is 1. The van der Waals surface area contributed by atoms with Gasteiger partial charge in [0.15, 0.2) is 0 Å². The smallest absolute Gasteiger partial charge is 0.337 e. The molecule has 2 amide bonds. The standard InChI is InChI=1S/C14H20N2O4/c1-5-16(9(2)3)14(19)15-12-7-6-10(20-4)8-11(12)13(17)18/h6-9H,5H2,1-4H3,(H,15,19)(H,17,18). The summed E-state index contributed by atoms with van der Waals surface area (Å²) in [6.07, 6.45) is 0. The third kappa shape index (κ3) is 3.63. The zero-order valence-corrected chi connectivity index (χ0v) is 12.1. The molecule has 0 aromatic heterocycles. The maximum absolute atomic E-state index is 12.1. The quantitative estimate of drug-likeness (QED) is 0.869. The van der Waals surface area contributed by atoms with Crippen LogP contribution in [0.1, 0.15) is 31.1 Å². The SMILES string of the molecule is CCN(C(=O)Nc1ccc(OC)cc1C(=O)O)C(C)C. The molecular weight excluding hydrogens is 260 g/mol. The zero-order valence-electron chi connectivity index (χ0n) is 12.1. The predicted molar refractivity (Wildman–Crippen MR) is 76.5 cm³/mol. The second-order valence-corrected chi connectivity index (χ2v) is 4.53. The van der Waals surface area contributed by atoms with Crippen molar-refractivity contribution in [3.63, 3.8) is 0 Å². The first-order valence-corrected chi connectivity index (χ1v) is 6.39. The van der Waals surface area contributed by atoms with Crippen molar-refractivity contribution >= 4 is 17.7 Å². The normalized spacial score (nSPS) is 10.2. The van der Waals surface area contributed by atoms with E-state index in [4.69, 9.17) is 4.74 Å². The summed E-state index contributed by atoms with van der Waals surface area (Å²) in [6.45, 7) is 6.21. The summed E-state index contributed by atoms with van der Waals surface area (Å²) in [4.78, 5) is 24.9. The fraction of sp³-hybridized carbons (Fsp3) is 0.429. The van der Waals surface area contributed by atoms with Gasteiger partial charge >= 0.3 is 12.0 Å².